The van der Waals surface area contributed by atoms with Gasteiger partial charge in [0.2, 0.25) is 0 Å². The summed E-state index contributed by atoms with van der Waals surface area (Å²) >= 11 is 0. The number of hydrogen-bond acceptors (Lipinski definition) is 3. The van der Waals surface area contributed by atoms with Crippen LogP contribution in [0.25, 0.3) is 0 Å². The zero-order chi connectivity index (χ0) is 22.8. The molecule has 0 amide bonds. The molecule has 1 radical (unpaired) electrons. The maximum absolute atomic E-state index is 9.29. The van der Waals surface area contributed by atoms with Crippen LogP contribution in [-0.2, 0) is 4.74 Å². The molecule has 0 bridgehead atoms. The molecule has 0 aliphatic heterocycles. The SMILES string of the molecule is CCCCCCCCCCC(CCCO)OC(CCCO)CCCCCCCCCC.[Na]. The van der Waals surface area contributed by atoms with Crippen LogP contribution in [-0.4, -0.2) is 65.2 Å². The monoisotopic (exact) mass is 465 g/mol. The molecule has 0 rings (SSSR count). The second-order valence-corrected chi connectivity index (χ2v) is 9.64. The molecular formula is C28H58NaO3. The summed E-state index contributed by atoms with van der Waals surface area (Å²) < 4.78 is 6.55. The molecule has 189 valence electrons. The summed E-state index contributed by atoms with van der Waals surface area (Å²) in [7, 11) is 0. The van der Waals surface area contributed by atoms with Crippen LogP contribution in [0.2, 0.25) is 0 Å². The Labute approximate surface area is 224 Å². The molecule has 0 saturated heterocycles. The second-order valence-electron chi connectivity index (χ2n) is 9.64. The van der Waals surface area contributed by atoms with Crippen molar-refractivity contribution >= 4 is 29.6 Å². The first-order valence-electron chi connectivity index (χ1n) is 14.2. The summed E-state index contributed by atoms with van der Waals surface area (Å²) in [6.07, 6.45) is 28.0. The van der Waals surface area contributed by atoms with Crippen LogP contribution in [0.15, 0.2) is 0 Å². The number of hydrogen-bond donors (Lipinski definition) is 2. The van der Waals surface area contributed by atoms with Crippen molar-refractivity contribution in [3.63, 3.8) is 0 Å². The quantitative estimate of drug-likeness (QED) is 0.101. The van der Waals surface area contributed by atoms with Gasteiger partial charge in [0, 0.05) is 42.8 Å². The predicted molar refractivity (Wildman–Crippen MR) is 142 cm³/mol. The fraction of sp³-hybridized carbons (Fsp3) is 1.00. The third-order valence-corrected chi connectivity index (χ3v) is 6.51. The van der Waals surface area contributed by atoms with Gasteiger partial charge in [0.15, 0.2) is 0 Å². The van der Waals surface area contributed by atoms with Crippen LogP contribution in [0.1, 0.15) is 155 Å². The van der Waals surface area contributed by atoms with Crippen LogP contribution in [0.4, 0.5) is 0 Å². The summed E-state index contributed by atoms with van der Waals surface area (Å²) in [5.41, 5.74) is 0. The first-order chi connectivity index (χ1) is 15.3. The van der Waals surface area contributed by atoms with Crippen LogP contribution in [0.3, 0.4) is 0 Å². The molecule has 0 saturated carbocycles. The van der Waals surface area contributed by atoms with Gasteiger partial charge in [-0.15, -0.1) is 0 Å². The molecule has 2 N–H and O–H groups in total. The van der Waals surface area contributed by atoms with E-state index in [9.17, 15) is 10.2 Å². The van der Waals surface area contributed by atoms with Gasteiger partial charge in [-0.25, -0.2) is 0 Å². The van der Waals surface area contributed by atoms with E-state index < -0.39 is 0 Å². The molecule has 0 spiro atoms. The molecule has 0 aliphatic rings. The van der Waals surface area contributed by atoms with Crippen LogP contribution >= 0.6 is 0 Å². The Kier molecular flexibility index (Phi) is 32.8. The number of ether oxygens (including phenoxy) is 1. The Morgan fingerprint density at radius 2 is 0.719 bits per heavy atom. The summed E-state index contributed by atoms with van der Waals surface area (Å²) in [5, 5.41) is 18.6. The van der Waals surface area contributed by atoms with E-state index in [4.69, 9.17) is 4.74 Å². The van der Waals surface area contributed by atoms with E-state index in [1.807, 2.05) is 0 Å². The Hall–Kier alpha value is 0.880. The van der Waals surface area contributed by atoms with E-state index in [0.29, 0.717) is 0 Å². The molecule has 0 aromatic rings. The van der Waals surface area contributed by atoms with Crippen molar-refractivity contribution in [2.24, 2.45) is 0 Å². The van der Waals surface area contributed by atoms with Crippen LogP contribution < -0.4 is 0 Å². The minimum atomic E-state index is 0. The normalized spacial score (nSPS) is 13.1. The Morgan fingerprint density at radius 3 is 1.03 bits per heavy atom. The van der Waals surface area contributed by atoms with Crippen molar-refractivity contribution in [1.29, 1.82) is 0 Å². The van der Waals surface area contributed by atoms with Crippen LogP contribution in [0.5, 0.6) is 0 Å². The average molecular weight is 466 g/mol. The number of rotatable bonds is 26. The van der Waals surface area contributed by atoms with Crippen molar-refractivity contribution < 1.29 is 14.9 Å². The molecular weight excluding hydrogens is 407 g/mol. The Morgan fingerprint density at radius 1 is 0.438 bits per heavy atom. The Bertz CT molecular complexity index is 298. The van der Waals surface area contributed by atoms with E-state index >= 15 is 0 Å². The predicted octanol–water partition coefficient (Wildman–Crippen LogP) is 7.97. The Balaban J connectivity index is 0. The van der Waals surface area contributed by atoms with Gasteiger partial charge in [-0.3, -0.25) is 0 Å². The third-order valence-electron chi connectivity index (χ3n) is 6.51. The number of unbranched alkanes of at least 4 members (excludes halogenated alkanes) is 14. The van der Waals surface area contributed by atoms with Gasteiger partial charge in [-0.2, -0.15) is 0 Å². The fourth-order valence-electron chi connectivity index (χ4n) is 4.48. The van der Waals surface area contributed by atoms with Gasteiger partial charge in [-0.1, -0.05) is 117 Å². The molecule has 0 aromatic carbocycles. The number of aliphatic hydroxyl groups excluding tert-OH is 2. The van der Waals surface area contributed by atoms with E-state index in [1.54, 1.807) is 0 Å². The zero-order valence-corrected chi connectivity index (χ0v) is 24.4. The van der Waals surface area contributed by atoms with Gasteiger partial charge < -0.3 is 14.9 Å². The first-order valence-corrected chi connectivity index (χ1v) is 14.2. The second kappa shape index (κ2) is 29.9. The molecule has 32 heavy (non-hydrogen) atoms. The molecule has 3 nitrogen and oxygen atoms in total. The van der Waals surface area contributed by atoms with Crippen LogP contribution in [0, 0.1) is 0 Å². The molecule has 2 atom stereocenters. The molecule has 0 aromatic heterocycles. The molecule has 0 fully saturated rings. The summed E-state index contributed by atoms with van der Waals surface area (Å²) in [6, 6.07) is 0. The summed E-state index contributed by atoms with van der Waals surface area (Å²) in [5.74, 6) is 0. The number of aliphatic hydroxyl groups is 2. The molecule has 4 heteroatoms. The van der Waals surface area contributed by atoms with Gasteiger partial charge in [0.05, 0.1) is 12.2 Å². The average Bonchev–Trinajstić information content (AvgIpc) is 2.78. The maximum Gasteiger partial charge on any atom is 0.0579 e. The largest absolute Gasteiger partial charge is 0.396 e. The van der Waals surface area contributed by atoms with Gasteiger partial charge in [0.25, 0.3) is 0 Å². The van der Waals surface area contributed by atoms with Crippen molar-refractivity contribution in [2.45, 2.75) is 167 Å². The summed E-state index contributed by atoms with van der Waals surface area (Å²) in [4.78, 5) is 0. The standard InChI is InChI=1S/C28H58O3.Na/c1-3-5-7-9-11-13-15-17-21-27(23-19-25-29)31-28(24-20-26-30)22-18-16-14-12-10-8-6-4-2;/h27-30H,3-26H2,1-2H3;. The van der Waals surface area contributed by atoms with E-state index in [1.165, 1.54) is 103 Å². The zero-order valence-electron chi connectivity index (χ0n) is 22.4. The van der Waals surface area contributed by atoms with Crippen molar-refractivity contribution in [2.75, 3.05) is 13.2 Å². The van der Waals surface area contributed by atoms with E-state index in [0.717, 1.165) is 38.5 Å². The molecule has 0 heterocycles. The molecule has 2 unspecified atom stereocenters. The molecule has 0 aliphatic carbocycles. The fourth-order valence-corrected chi connectivity index (χ4v) is 4.48. The first kappa shape index (κ1) is 35.0. The van der Waals surface area contributed by atoms with Gasteiger partial charge in [-0.05, 0) is 38.5 Å². The van der Waals surface area contributed by atoms with Gasteiger partial charge in [0.1, 0.15) is 0 Å². The van der Waals surface area contributed by atoms with E-state index in [-0.39, 0.29) is 55.0 Å². The third kappa shape index (κ3) is 25.5. The van der Waals surface area contributed by atoms with Crippen molar-refractivity contribution in [3.8, 4) is 0 Å². The maximum atomic E-state index is 9.29. The van der Waals surface area contributed by atoms with Gasteiger partial charge >= 0.3 is 0 Å². The minimum absolute atomic E-state index is 0. The topological polar surface area (TPSA) is 49.7 Å². The van der Waals surface area contributed by atoms with E-state index in [2.05, 4.69) is 13.8 Å². The smallest absolute Gasteiger partial charge is 0.0579 e. The minimum Gasteiger partial charge on any atom is -0.396 e. The van der Waals surface area contributed by atoms with Crippen molar-refractivity contribution in [1.82, 2.24) is 0 Å². The summed E-state index contributed by atoms with van der Waals surface area (Å²) in [6.45, 7) is 5.07. The van der Waals surface area contributed by atoms with Crippen molar-refractivity contribution in [3.05, 3.63) is 0 Å².